The smallest absolute Gasteiger partial charge is 0.251 e. The Balaban J connectivity index is 2.27. The van der Waals surface area contributed by atoms with E-state index in [4.69, 9.17) is 0 Å². The Bertz CT molecular complexity index is 714. The zero-order valence-corrected chi connectivity index (χ0v) is 16.3. The minimum atomic E-state index is -3.59. The van der Waals surface area contributed by atoms with Crippen LogP contribution in [-0.4, -0.2) is 50.3 Å². The van der Waals surface area contributed by atoms with Gasteiger partial charge in [-0.2, -0.15) is 4.31 Å². The standard InChI is InChI=1S/C18H29N3O3S/c1-5-21(6-2)25(23,24)17-12-15(10-9-13(17)3)18(22)20-16-8-7-11-19-14(16)4/h9-10,12,14,16,19H,5-8,11H2,1-4H3,(H,20,22). The highest BCUT2D eigenvalue weighted by atomic mass is 32.2. The van der Waals surface area contributed by atoms with E-state index < -0.39 is 10.0 Å². The minimum absolute atomic E-state index is 0.0605. The number of nitrogens with zero attached hydrogens (tertiary/aromatic N) is 1. The fraction of sp³-hybridized carbons (Fsp3) is 0.611. The Morgan fingerprint density at radius 3 is 2.60 bits per heavy atom. The van der Waals surface area contributed by atoms with Gasteiger partial charge >= 0.3 is 0 Å². The highest BCUT2D eigenvalue weighted by Crippen LogP contribution is 2.21. The van der Waals surface area contributed by atoms with Gasteiger partial charge in [-0.25, -0.2) is 8.42 Å². The van der Waals surface area contributed by atoms with Crippen LogP contribution in [0, 0.1) is 6.92 Å². The average molecular weight is 368 g/mol. The second-order valence-corrected chi connectivity index (χ2v) is 8.44. The number of carbonyl (C=O) groups excluding carboxylic acids is 1. The third-order valence-corrected chi connectivity index (χ3v) is 7.04. The quantitative estimate of drug-likeness (QED) is 0.805. The minimum Gasteiger partial charge on any atom is -0.348 e. The number of piperidine rings is 1. The van der Waals surface area contributed by atoms with Gasteiger partial charge in [-0.05, 0) is 50.9 Å². The van der Waals surface area contributed by atoms with Gasteiger partial charge < -0.3 is 10.6 Å². The Morgan fingerprint density at radius 2 is 2.00 bits per heavy atom. The van der Waals surface area contributed by atoms with E-state index in [0.717, 1.165) is 19.4 Å². The van der Waals surface area contributed by atoms with E-state index in [1.54, 1.807) is 19.1 Å². The number of aryl methyl sites for hydroxylation is 1. The van der Waals surface area contributed by atoms with Crippen molar-refractivity contribution in [1.82, 2.24) is 14.9 Å². The Morgan fingerprint density at radius 1 is 1.32 bits per heavy atom. The highest BCUT2D eigenvalue weighted by molar-refractivity contribution is 7.89. The second-order valence-electron chi connectivity index (χ2n) is 6.53. The van der Waals surface area contributed by atoms with Gasteiger partial charge in [-0.15, -0.1) is 0 Å². The number of carbonyl (C=O) groups is 1. The van der Waals surface area contributed by atoms with Gasteiger partial charge in [0, 0.05) is 30.7 Å². The largest absolute Gasteiger partial charge is 0.348 e. The maximum absolute atomic E-state index is 12.8. The number of rotatable bonds is 6. The molecule has 1 aromatic rings. The predicted molar refractivity (Wildman–Crippen MR) is 99.2 cm³/mol. The van der Waals surface area contributed by atoms with Crippen molar-refractivity contribution >= 4 is 15.9 Å². The van der Waals surface area contributed by atoms with Crippen LogP contribution in [0.2, 0.25) is 0 Å². The molecular weight excluding hydrogens is 338 g/mol. The number of amides is 1. The number of benzene rings is 1. The predicted octanol–water partition coefficient (Wildman–Crippen LogP) is 1.90. The third-order valence-electron chi connectivity index (χ3n) is 4.85. The van der Waals surface area contributed by atoms with Gasteiger partial charge in [0.15, 0.2) is 0 Å². The van der Waals surface area contributed by atoms with Crippen LogP contribution in [0.5, 0.6) is 0 Å². The van der Waals surface area contributed by atoms with E-state index in [1.807, 2.05) is 13.8 Å². The molecule has 7 heteroatoms. The molecule has 2 rings (SSSR count). The number of sulfonamides is 1. The summed E-state index contributed by atoms with van der Waals surface area (Å²) < 4.78 is 27.0. The molecule has 1 heterocycles. The summed E-state index contributed by atoms with van der Waals surface area (Å²) in [7, 11) is -3.59. The molecule has 1 aliphatic heterocycles. The molecular formula is C18H29N3O3S. The summed E-state index contributed by atoms with van der Waals surface area (Å²) >= 11 is 0. The summed E-state index contributed by atoms with van der Waals surface area (Å²) in [6.45, 7) is 9.19. The second kappa shape index (κ2) is 8.29. The summed E-state index contributed by atoms with van der Waals surface area (Å²) in [5.74, 6) is -0.225. The third kappa shape index (κ3) is 4.40. The van der Waals surface area contributed by atoms with Crippen molar-refractivity contribution in [3.8, 4) is 0 Å². The molecule has 2 unspecified atom stereocenters. The van der Waals surface area contributed by atoms with Crippen LogP contribution in [0.15, 0.2) is 23.1 Å². The Labute approximate surface area is 151 Å². The van der Waals surface area contributed by atoms with Crippen LogP contribution in [0.3, 0.4) is 0 Å². The number of hydrogen-bond donors (Lipinski definition) is 2. The van der Waals surface area contributed by atoms with E-state index in [1.165, 1.54) is 10.4 Å². The molecule has 1 fully saturated rings. The number of hydrogen-bond acceptors (Lipinski definition) is 4. The van der Waals surface area contributed by atoms with Crippen LogP contribution >= 0.6 is 0 Å². The molecule has 0 bridgehead atoms. The first kappa shape index (κ1) is 19.9. The topological polar surface area (TPSA) is 78.5 Å². The summed E-state index contributed by atoms with van der Waals surface area (Å²) in [5.41, 5.74) is 1.03. The first-order chi connectivity index (χ1) is 11.8. The summed E-state index contributed by atoms with van der Waals surface area (Å²) in [5, 5.41) is 6.38. The van der Waals surface area contributed by atoms with Crippen molar-refractivity contribution < 1.29 is 13.2 Å². The lowest BCUT2D eigenvalue weighted by Gasteiger charge is -2.30. The molecule has 0 radical (unpaired) electrons. The average Bonchev–Trinajstić information content (AvgIpc) is 2.58. The monoisotopic (exact) mass is 367 g/mol. The lowest BCUT2D eigenvalue weighted by molar-refractivity contribution is 0.0919. The normalized spacial score (nSPS) is 21.3. The lowest BCUT2D eigenvalue weighted by atomic mass is 9.99. The molecule has 0 aromatic heterocycles. The van der Waals surface area contributed by atoms with E-state index in [2.05, 4.69) is 17.6 Å². The van der Waals surface area contributed by atoms with Crippen molar-refractivity contribution in [1.29, 1.82) is 0 Å². The van der Waals surface area contributed by atoms with Gasteiger partial charge in [0.2, 0.25) is 10.0 Å². The van der Waals surface area contributed by atoms with Crippen LogP contribution < -0.4 is 10.6 Å². The fourth-order valence-electron chi connectivity index (χ4n) is 3.21. The SMILES string of the molecule is CCN(CC)S(=O)(=O)c1cc(C(=O)NC2CCCNC2C)ccc1C. The maximum atomic E-state index is 12.8. The molecule has 140 valence electrons. The Hall–Kier alpha value is -1.44. The van der Waals surface area contributed by atoms with Gasteiger partial charge in [0.1, 0.15) is 0 Å². The summed E-state index contributed by atoms with van der Waals surface area (Å²) in [6, 6.07) is 5.16. The molecule has 1 aromatic carbocycles. The molecule has 0 saturated carbocycles. The molecule has 0 aliphatic carbocycles. The van der Waals surface area contributed by atoms with E-state index >= 15 is 0 Å². The van der Waals surface area contributed by atoms with Crippen molar-refractivity contribution in [2.45, 2.75) is 57.5 Å². The molecule has 1 saturated heterocycles. The van der Waals surface area contributed by atoms with E-state index in [0.29, 0.717) is 24.2 Å². The molecule has 25 heavy (non-hydrogen) atoms. The van der Waals surface area contributed by atoms with Gasteiger partial charge in [0.05, 0.1) is 4.90 Å². The fourth-order valence-corrected chi connectivity index (χ4v) is 4.92. The molecule has 1 aliphatic rings. The van der Waals surface area contributed by atoms with E-state index in [-0.39, 0.29) is 22.9 Å². The van der Waals surface area contributed by atoms with Gasteiger partial charge in [-0.3, -0.25) is 4.79 Å². The first-order valence-electron chi connectivity index (χ1n) is 8.96. The molecule has 2 atom stereocenters. The van der Waals surface area contributed by atoms with Crippen LogP contribution in [0.1, 0.15) is 49.5 Å². The summed E-state index contributed by atoms with van der Waals surface area (Å²) in [4.78, 5) is 12.8. The molecule has 0 spiro atoms. The Kier molecular flexibility index (Phi) is 6.59. The summed E-state index contributed by atoms with van der Waals surface area (Å²) in [6.07, 6.45) is 1.95. The molecule has 2 N–H and O–H groups in total. The molecule has 6 nitrogen and oxygen atoms in total. The zero-order valence-electron chi connectivity index (χ0n) is 15.5. The van der Waals surface area contributed by atoms with Crippen molar-refractivity contribution in [2.24, 2.45) is 0 Å². The van der Waals surface area contributed by atoms with Crippen LogP contribution in [0.25, 0.3) is 0 Å². The van der Waals surface area contributed by atoms with Crippen LogP contribution in [0.4, 0.5) is 0 Å². The van der Waals surface area contributed by atoms with Crippen molar-refractivity contribution in [3.05, 3.63) is 29.3 Å². The highest BCUT2D eigenvalue weighted by Gasteiger charge is 2.26. The van der Waals surface area contributed by atoms with Gasteiger partial charge in [-0.1, -0.05) is 19.9 Å². The molecule has 1 amide bonds. The maximum Gasteiger partial charge on any atom is 0.251 e. The number of nitrogens with one attached hydrogen (secondary N) is 2. The van der Waals surface area contributed by atoms with Gasteiger partial charge in [0.25, 0.3) is 5.91 Å². The van der Waals surface area contributed by atoms with Crippen LogP contribution in [-0.2, 0) is 10.0 Å². The lowest BCUT2D eigenvalue weighted by Crippen LogP contribution is -2.51. The first-order valence-corrected chi connectivity index (χ1v) is 10.4. The van der Waals surface area contributed by atoms with Crippen molar-refractivity contribution in [2.75, 3.05) is 19.6 Å². The van der Waals surface area contributed by atoms with E-state index in [9.17, 15) is 13.2 Å². The van der Waals surface area contributed by atoms with Crippen molar-refractivity contribution in [3.63, 3.8) is 0 Å². The zero-order chi connectivity index (χ0) is 18.6.